The molecule has 1 aliphatic rings. The Morgan fingerprint density at radius 3 is 2.27 bits per heavy atom. The summed E-state index contributed by atoms with van der Waals surface area (Å²) in [6.45, 7) is 11.0. The number of aromatic nitrogens is 2. The van der Waals surface area contributed by atoms with E-state index in [9.17, 15) is 14.0 Å². The Hall–Kier alpha value is -4.01. The number of piperidine rings is 1. The van der Waals surface area contributed by atoms with Gasteiger partial charge < -0.3 is 15.3 Å². The number of halogens is 2. The van der Waals surface area contributed by atoms with Crippen LogP contribution < -0.4 is 5.32 Å². The van der Waals surface area contributed by atoms with Gasteiger partial charge in [-0.05, 0) is 131 Å². The third-order valence-corrected chi connectivity index (χ3v) is 8.29. The molecular formula is C35H40ClFN4O3. The lowest BCUT2D eigenvalue weighted by Gasteiger charge is -2.32. The molecule has 44 heavy (non-hydrogen) atoms. The Bertz CT molecular complexity index is 1600. The number of carbonyl (C=O) groups excluding carboxylic acids is 1. The molecule has 9 heteroatoms. The van der Waals surface area contributed by atoms with Crippen LogP contribution in [-0.4, -0.2) is 51.3 Å². The van der Waals surface area contributed by atoms with E-state index in [-0.39, 0.29) is 29.7 Å². The van der Waals surface area contributed by atoms with E-state index in [4.69, 9.17) is 5.11 Å². The van der Waals surface area contributed by atoms with Crippen molar-refractivity contribution < 1.29 is 19.1 Å². The van der Waals surface area contributed by atoms with Gasteiger partial charge >= 0.3 is 5.97 Å². The monoisotopic (exact) mass is 618 g/mol. The molecule has 232 valence electrons. The molecule has 7 nitrogen and oxygen atoms in total. The molecule has 1 aromatic heterocycles. The van der Waals surface area contributed by atoms with Gasteiger partial charge in [-0.1, -0.05) is 18.2 Å². The van der Waals surface area contributed by atoms with Crippen molar-refractivity contribution in [3.05, 3.63) is 107 Å². The van der Waals surface area contributed by atoms with E-state index in [1.165, 1.54) is 28.8 Å². The van der Waals surface area contributed by atoms with Gasteiger partial charge in [-0.2, -0.15) is 5.10 Å². The molecule has 1 amide bonds. The number of amides is 1. The maximum atomic E-state index is 13.7. The number of aryl methyl sites for hydroxylation is 1. The van der Waals surface area contributed by atoms with E-state index in [0.717, 1.165) is 50.1 Å². The summed E-state index contributed by atoms with van der Waals surface area (Å²) >= 11 is 0. The summed E-state index contributed by atoms with van der Waals surface area (Å²) in [7, 11) is 0. The number of carboxylic acids is 1. The molecule has 1 saturated heterocycles. The molecule has 1 fully saturated rings. The summed E-state index contributed by atoms with van der Waals surface area (Å²) in [5.74, 6) is -1.04. The molecule has 0 radical (unpaired) electrons. The minimum atomic E-state index is -0.897. The van der Waals surface area contributed by atoms with E-state index in [2.05, 4.69) is 28.3 Å². The predicted octanol–water partition coefficient (Wildman–Crippen LogP) is 7.55. The maximum absolute atomic E-state index is 13.7. The van der Waals surface area contributed by atoms with Gasteiger partial charge in [0.1, 0.15) is 5.82 Å². The highest BCUT2D eigenvalue weighted by Gasteiger charge is 2.26. The Kier molecular flexibility index (Phi) is 10.3. The van der Waals surface area contributed by atoms with Gasteiger partial charge in [-0.25, -0.2) is 9.18 Å². The molecule has 0 spiro atoms. The topological polar surface area (TPSA) is 87.5 Å². The number of carbonyl (C=O) groups is 2. The zero-order valence-electron chi connectivity index (χ0n) is 25.6. The molecule has 2 N–H and O–H groups in total. The van der Waals surface area contributed by atoms with Crippen molar-refractivity contribution in [1.29, 1.82) is 0 Å². The molecule has 3 aromatic carbocycles. The summed E-state index contributed by atoms with van der Waals surface area (Å²) in [4.78, 5) is 27.2. The predicted molar refractivity (Wildman–Crippen MR) is 175 cm³/mol. The van der Waals surface area contributed by atoms with Crippen LogP contribution in [0, 0.1) is 12.7 Å². The molecular weight excluding hydrogens is 579 g/mol. The van der Waals surface area contributed by atoms with Gasteiger partial charge in [0.2, 0.25) is 0 Å². The van der Waals surface area contributed by atoms with Crippen molar-refractivity contribution >= 4 is 30.0 Å². The molecule has 2 heterocycles. The lowest BCUT2D eigenvalue weighted by molar-refractivity contribution is 0.0696. The van der Waals surface area contributed by atoms with E-state index >= 15 is 0 Å². The largest absolute Gasteiger partial charge is 0.478 e. The third-order valence-electron chi connectivity index (χ3n) is 8.29. The first-order valence-electron chi connectivity index (χ1n) is 14.8. The van der Waals surface area contributed by atoms with Crippen LogP contribution in [0.15, 0.2) is 72.9 Å². The Labute approximate surface area is 264 Å². The van der Waals surface area contributed by atoms with Crippen molar-refractivity contribution in [2.45, 2.75) is 58.4 Å². The molecule has 0 saturated carbocycles. The Morgan fingerprint density at radius 2 is 1.66 bits per heavy atom. The zero-order chi connectivity index (χ0) is 30.7. The first kappa shape index (κ1) is 32.9. The van der Waals surface area contributed by atoms with Crippen LogP contribution in [0.3, 0.4) is 0 Å². The van der Waals surface area contributed by atoms with E-state index in [1.807, 2.05) is 49.7 Å². The number of anilines is 1. The van der Waals surface area contributed by atoms with Crippen LogP contribution in [0.1, 0.15) is 76.9 Å². The normalized spacial score (nSPS) is 14.2. The number of nitrogens with zero attached hydrogens (tertiary/aromatic N) is 3. The molecule has 0 bridgehead atoms. The number of hydrogen-bond acceptors (Lipinski definition) is 4. The number of carboxylic acid groups (broad SMARTS) is 1. The van der Waals surface area contributed by atoms with Crippen LogP contribution in [-0.2, 0) is 12.0 Å². The van der Waals surface area contributed by atoms with Crippen molar-refractivity contribution in [3.8, 4) is 11.3 Å². The summed E-state index contributed by atoms with van der Waals surface area (Å²) in [6, 6.07) is 19.4. The van der Waals surface area contributed by atoms with Gasteiger partial charge in [-0.15, -0.1) is 12.4 Å². The fourth-order valence-electron chi connectivity index (χ4n) is 5.79. The third kappa shape index (κ3) is 7.55. The summed E-state index contributed by atoms with van der Waals surface area (Å²) in [5, 5.41) is 16.8. The van der Waals surface area contributed by atoms with Crippen molar-refractivity contribution in [1.82, 2.24) is 14.7 Å². The second-order valence-electron chi connectivity index (χ2n) is 12.4. The quantitative estimate of drug-likeness (QED) is 0.213. The van der Waals surface area contributed by atoms with Crippen LogP contribution in [0.25, 0.3) is 11.3 Å². The maximum Gasteiger partial charge on any atom is 0.335 e. The van der Waals surface area contributed by atoms with Gasteiger partial charge in [-0.3, -0.25) is 9.48 Å². The first-order chi connectivity index (χ1) is 20.5. The van der Waals surface area contributed by atoms with Gasteiger partial charge in [0, 0.05) is 17.8 Å². The van der Waals surface area contributed by atoms with Crippen molar-refractivity contribution in [2.75, 3.05) is 25.0 Å². The molecule has 0 unspecified atom stereocenters. The fourth-order valence-corrected chi connectivity index (χ4v) is 5.79. The number of benzene rings is 3. The Morgan fingerprint density at radius 1 is 1.00 bits per heavy atom. The average molecular weight is 619 g/mol. The van der Waals surface area contributed by atoms with Crippen molar-refractivity contribution in [3.63, 3.8) is 0 Å². The molecule has 0 aliphatic carbocycles. The number of likely N-dealkylation sites (tertiary alicyclic amines) is 1. The average Bonchev–Trinajstić information content (AvgIpc) is 3.45. The Balaban J connectivity index is 0.00000442. The number of rotatable bonds is 8. The highest BCUT2D eigenvalue weighted by atomic mass is 35.5. The van der Waals surface area contributed by atoms with E-state index < -0.39 is 5.97 Å². The van der Waals surface area contributed by atoms with E-state index in [1.54, 1.807) is 30.5 Å². The fraction of sp³-hybridized carbons (Fsp3) is 0.343. The molecule has 0 atom stereocenters. The smallest absolute Gasteiger partial charge is 0.335 e. The van der Waals surface area contributed by atoms with Crippen LogP contribution in [0.2, 0.25) is 0 Å². The second kappa shape index (κ2) is 13.7. The first-order valence-corrected chi connectivity index (χ1v) is 14.8. The molecule has 4 aromatic rings. The highest BCUT2D eigenvalue weighted by Crippen LogP contribution is 2.31. The lowest BCUT2D eigenvalue weighted by Crippen LogP contribution is -2.34. The zero-order valence-corrected chi connectivity index (χ0v) is 26.5. The summed E-state index contributed by atoms with van der Waals surface area (Å²) in [5.41, 5.74) is 6.06. The lowest BCUT2D eigenvalue weighted by atomic mass is 9.89. The van der Waals surface area contributed by atoms with Gasteiger partial charge in [0.15, 0.2) is 0 Å². The number of nitrogens with one attached hydrogen (secondary N) is 1. The molecule has 5 rings (SSSR count). The summed E-state index contributed by atoms with van der Waals surface area (Å²) < 4.78 is 15.5. The van der Waals surface area contributed by atoms with Crippen LogP contribution in [0.4, 0.5) is 10.1 Å². The SMILES string of the molecule is Cc1ccc(NC(=O)c2cnn(C(C)(C)C)c2-c2ccc(F)cc2)cc1CCN1CCC(c2ccc(C(=O)O)cc2)CC1.Cl. The minimum absolute atomic E-state index is 0. The standard InChI is InChI=1S/C35H39FN4O3.ClH/c1-23-5-14-30(38-33(41)31-22-37-40(35(2,3)4)32(31)26-10-12-29(36)13-11-26)21-28(23)17-20-39-18-15-25(16-19-39)24-6-8-27(9-7-24)34(42)43;/h5-14,21-22,25H,15-20H2,1-4H3,(H,38,41)(H,42,43);1H. The number of hydrogen-bond donors (Lipinski definition) is 2. The van der Waals surface area contributed by atoms with E-state index in [0.29, 0.717) is 22.7 Å². The van der Waals surface area contributed by atoms with Crippen LogP contribution in [0.5, 0.6) is 0 Å². The van der Waals surface area contributed by atoms with Gasteiger partial charge in [0.05, 0.1) is 28.6 Å². The van der Waals surface area contributed by atoms with Gasteiger partial charge in [0.25, 0.3) is 5.91 Å². The molecule has 1 aliphatic heterocycles. The number of aromatic carboxylic acids is 1. The highest BCUT2D eigenvalue weighted by molar-refractivity contribution is 6.08. The van der Waals surface area contributed by atoms with Crippen molar-refractivity contribution in [2.24, 2.45) is 0 Å². The van der Waals surface area contributed by atoms with Crippen LogP contribution >= 0.6 is 12.4 Å². The summed E-state index contributed by atoms with van der Waals surface area (Å²) in [6.07, 6.45) is 4.54. The minimum Gasteiger partial charge on any atom is -0.478 e. The second-order valence-corrected chi connectivity index (χ2v) is 12.4.